The van der Waals surface area contributed by atoms with Crippen molar-refractivity contribution in [3.8, 4) is 11.4 Å². The number of piperidine rings is 1. The van der Waals surface area contributed by atoms with Crippen LogP contribution in [0.1, 0.15) is 41.9 Å². The minimum absolute atomic E-state index is 0.0510. The van der Waals surface area contributed by atoms with Crippen molar-refractivity contribution in [2.24, 2.45) is 0 Å². The number of rotatable bonds is 3. The van der Waals surface area contributed by atoms with E-state index in [1.54, 1.807) is 6.33 Å². The summed E-state index contributed by atoms with van der Waals surface area (Å²) in [5.41, 5.74) is 2.18. The molecule has 24 heavy (non-hydrogen) atoms. The molecule has 6 nitrogen and oxygen atoms in total. The molecule has 1 fully saturated rings. The first-order valence-electron chi connectivity index (χ1n) is 8.50. The highest BCUT2D eigenvalue weighted by Gasteiger charge is 2.32. The van der Waals surface area contributed by atoms with Crippen LogP contribution in [0.2, 0.25) is 0 Å². The van der Waals surface area contributed by atoms with Crippen LogP contribution < -0.4 is 4.74 Å². The maximum absolute atomic E-state index is 13.0. The van der Waals surface area contributed by atoms with E-state index in [2.05, 4.69) is 4.98 Å². The third kappa shape index (κ3) is 2.47. The highest BCUT2D eigenvalue weighted by Crippen LogP contribution is 2.31. The molecule has 126 valence electrons. The number of carbonyl (C=O) groups excluding carboxylic acids is 1. The fraction of sp³-hybridized carbons (Fsp3) is 0.444. The maximum Gasteiger partial charge on any atom is 0.274 e. The van der Waals surface area contributed by atoms with Gasteiger partial charge in [-0.2, -0.15) is 0 Å². The van der Waals surface area contributed by atoms with E-state index in [0.29, 0.717) is 18.7 Å². The number of para-hydroxylation sites is 2. The Labute approximate surface area is 140 Å². The average molecular weight is 327 g/mol. The predicted molar refractivity (Wildman–Crippen MR) is 88.3 cm³/mol. The smallest absolute Gasteiger partial charge is 0.274 e. The number of likely N-dealkylation sites (tertiary alicyclic amines) is 1. The zero-order valence-corrected chi connectivity index (χ0v) is 13.5. The zero-order valence-electron chi connectivity index (χ0n) is 13.5. The van der Waals surface area contributed by atoms with Gasteiger partial charge in [0.15, 0.2) is 5.69 Å². The van der Waals surface area contributed by atoms with Crippen molar-refractivity contribution in [3.63, 3.8) is 0 Å². The normalized spacial score (nSPS) is 19.4. The minimum Gasteiger partial charge on any atom is -0.485 e. The lowest BCUT2D eigenvalue weighted by Crippen LogP contribution is -2.44. The molecular formula is C18H21N3O3. The van der Waals surface area contributed by atoms with Gasteiger partial charge in [-0.3, -0.25) is 9.36 Å². The molecule has 4 rings (SSSR count). The molecule has 1 N–H and O–H groups in total. The molecule has 3 heterocycles. The van der Waals surface area contributed by atoms with Gasteiger partial charge in [-0.25, -0.2) is 4.98 Å². The molecule has 1 atom stereocenters. The molecule has 1 saturated heterocycles. The monoisotopic (exact) mass is 327 g/mol. The molecule has 1 aromatic carbocycles. The van der Waals surface area contributed by atoms with Crippen LogP contribution in [0.5, 0.6) is 5.75 Å². The van der Waals surface area contributed by atoms with E-state index in [1.165, 1.54) is 0 Å². The zero-order chi connectivity index (χ0) is 16.5. The minimum atomic E-state index is -0.0510. The Morgan fingerprint density at radius 2 is 2.21 bits per heavy atom. The Balaban J connectivity index is 1.66. The molecule has 0 spiro atoms. The molecule has 0 radical (unpaired) electrons. The first-order valence-corrected chi connectivity index (χ1v) is 8.50. The lowest BCUT2D eigenvalue weighted by atomic mass is 9.99. The van der Waals surface area contributed by atoms with Gasteiger partial charge >= 0.3 is 0 Å². The van der Waals surface area contributed by atoms with Gasteiger partial charge in [-0.15, -0.1) is 0 Å². The Kier molecular flexibility index (Phi) is 3.98. The number of hydrogen-bond acceptors (Lipinski definition) is 4. The molecule has 0 bridgehead atoms. The number of carbonyl (C=O) groups is 1. The molecule has 0 saturated carbocycles. The number of hydrogen-bond donors (Lipinski definition) is 1. The highest BCUT2D eigenvalue weighted by atomic mass is 16.5. The van der Waals surface area contributed by atoms with Crippen LogP contribution in [-0.4, -0.2) is 44.7 Å². The summed E-state index contributed by atoms with van der Waals surface area (Å²) in [7, 11) is 0. The molecule has 6 heteroatoms. The Bertz CT molecular complexity index is 754. The van der Waals surface area contributed by atoms with Crippen LogP contribution in [0.15, 0.2) is 30.6 Å². The molecule has 2 aromatic rings. The maximum atomic E-state index is 13.0. The summed E-state index contributed by atoms with van der Waals surface area (Å²) in [4.78, 5) is 19.3. The first kappa shape index (κ1) is 15.2. The van der Waals surface area contributed by atoms with E-state index >= 15 is 0 Å². The van der Waals surface area contributed by atoms with Crippen molar-refractivity contribution in [3.05, 3.63) is 42.0 Å². The second kappa shape index (κ2) is 6.28. The number of aliphatic hydroxyl groups is 1. The number of nitrogens with zero attached hydrogens (tertiary/aromatic N) is 3. The summed E-state index contributed by atoms with van der Waals surface area (Å²) >= 11 is 0. The van der Waals surface area contributed by atoms with E-state index in [9.17, 15) is 9.90 Å². The van der Waals surface area contributed by atoms with Crippen LogP contribution in [0.4, 0.5) is 0 Å². The van der Waals surface area contributed by atoms with Crippen LogP contribution in [0.25, 0.3) is 5.69 Å². The molecule has 2 aliphatic heterocycles. The predicted octanol–water partition coefficient (Wildman–Crippen LogP) is 2.14. The topological polar surface area (TPSA) is 67.6 Å². The van der Waals surface area contributed by atoms with E-state index in [0.717, 1.165) is 42.9 Å². The van der Waals surface area contributed by atoms with E-state index in [1.807, 2.05) is 33.7 Å². The number of aromatic nitrogens is 2. The molecule has 1 aromatic heterocycles. The second-order valence-electron chi connectivity index (χ2n) is 6.33. The molecular weight excluding hydrogens is 306 g/mol. The van der Waals surface area contributed by atoms with Crippen molar-refractivity contribution in [2.75, 3.05) is 13.2 Å². The van der Waals surface area contributed by atoms with Crippen LogP contribution >= 0.6 is 0 Å². The lowest BCUT2D eigenvalue weighted by molar-refractivity contribution is 0.0566. The fourth-order valence-corrected chi connectivity index (χ4v) is 3.68. The van der Waals surface area contributed by atoms with E-state index < -0.39 is 0 Å². The molecule has 2 aliphatic rings. The van der Waals surface area contributed by atoms with Gasteiger partial charge in [-0.05, 0) is 37.8 Å². The Hall–Kier alpha value is -2.34. The summed E-state index contributed by atoms with van der Waals surface area (Å²) in [6.07, 6.45) is 5.38. The Morgan fingerprint density at radius 1 is 1.33 bits per heavy atom. The molecule has 0 aliphatic carbocycles. The van der Waals surface area contributed by atoms with Crippen molar-refractivity contribution in [1.82, 2.24) is 14.5 Å². The van der Waals surface area contributed by atoms with Crippen molar-refractivity contribution in [1.29, 1.82) is 0 Å². The number of fused-ring (bicyclic) bond motifs is 3. The summed E-state index contributed by atoms with van der Waals surface area (Å²) in [5, 5.41) is 9.27. The van der Waals surface area contributed by atoms with Gasteiger partial charge in [0.2, 0.25) is 0 Å². The van der Waals surface area contributed by atoms with Crippen LogP contribution in [-0.2, 0) is 6.61 Å². The summed E-state index contributed by atoms with van der Waals surface area (Å²) < 4.78 is 7.73. The third-order valence-corrected chi connectivity index (χ3v) is 4.91. The number of ether oxygens (including phenoxy) is 1. The number of imidazole rings is 1. The highest BCUT2D eigenvalue weighted by molar-refractivity contribution is 5.94. The lowest BCUT2D eigenvalue weighted by Gasteiger charge is -2.35. The molecule has 1 unspecified atom stereocenters. The van der Waals surface area contributed by atoms with Gasteiger partial charge in [0.05, 0.1) is 11.4 Å². The summed E-state index contributed by atoms with van der Waals surface area (Å²) in [6.45, 7) is 1.18. The van der Waals surface area contributed by atoms with Crippen LogP contribution in [0.3, 0.4) is 0 Å². The van der Waals surface area contributed by atoms with Crippen molar-refractivity contribution >= 4 is 5.91 Å². The van der Waals surface area contributed by atoms with E-state index in [4.69, 9.17) is 4.74 Å². The standard InChI is InChI=1S/C18H21N3O3/c22-10-8-13-5-3-4-9-20(13)18(23)17-15-11-24-16-7-2-1-6-14(16)21(15)12-19-17/h1-2,6-7,12-13,22H,3-5,8-11H2. The average Bonchev–Trinajstić information content (AvgIpc) is 3.06. The van der Waals surface area contributed by atoms with Crippen LogP contribution in [0, 0.1) is 0 Å². The quantitative estimate of drug-likeness (QED) is 0.938. The summed E-state index contributed by atoms with van der Waals surface area (Å²) in [5.74, 6) is 0.752. The van der Waals surface area contributed by atoms with Gasteiger partial charge < -0.3 is 14.7 Å². The number of amides is 1. The van der Waals surface area contributed by atoms with E-state index in [-0.39, 0.29) is 18.6 Å². The first-order chi connectivity index (χ1) is 11.8. The number of aliphatic hydroxyl groups excluding tert-OH is 1. The van der Waals surface area contributed by atoms with Gasteiger partial charge in [0, 0.05) is 19.2 Å². The summed E-state index contributed by atoms with van der Waals surface area (Å²) in [6, 6.07) is 7.86. The largest absolute Gasteiger partial charge is 0.485 e. The van der Waals surface area contributed by atoms with Crippen molar-refractivity contribution in [2.45, 2.75) is 38.3 Å². The number of benzene rings is 1. The Morgan fingerprint density at radius 3 is 3.08 bits per heavy atom. The van der Waals surface area contributed by atoms with Gasteiger partial charge in [-0.1, -0.05) is 12.1 Å². The SMILES string of the molecule is O=C(c1ncn2c1COc1ccccc1-2)N1CCCCC1CCO. The van der Waals surface area contributed by atoms with Gasteiger partial charge in [0.1, 0.15) is 18.7 Å². The fourth-order valence-electron chi connectivity index (χ4n) is 3.68. The second-order valence-corrected chi connectivity index (χ2v) is 6.33. The molecule has 1 amide bonds. The third-order valence-electron chi connectivity index (χ3n) is 4.91. The van der Waals surface area contributed by atoms with Crippen molar-refractivity contribution < 1.29 is 14.6 Å². The van der Waals surface area contributed by atoms with Gasteiger partial charge in [0.25, 0.3) is 5.91 Å².